The van der Waals surface area contributed by atoms with E-state index < -0.39 is 8.07 Å². The molecule has 2 fully saturated rings. The first-order chi connectivity index (χ1) is 12.6. The predicted octanol–water partition coefficient (Wildman–Crippen LogP) is 7.83. The van der Waals surface area contributed by atoms with Gasteiger partial charge in [-0.1, -0.05) is 91.3 Å². The molecular weight excluding hydrogens is 344 g/mol. The smallest absolute Gasteiger partial charge is 0.0720 e. The molecule has 1 aliphatic carbocycles. The van der Waals surface area contributed by atoms with Gasteiger partial charge in [0.05, 0.1) is 20.8 Å². The standard InChI is InChI=1S/C25H42OSi/c1-8-23(26-17-19-12-10-9-11-13-19)22-15-14-21-16-20(22)18-27(21,24(2,3)4)25(5,6)7/h9-13,20-23H,8,14-18H2,1-7H3/t20?,21?,22-,23-/m0/s1. The van der Waals surface area contributed by atoms with Crippen LogP contribution in [0.1, 0.15) is 79.7 Å². The van der Waals surface area contributed by atoms with Crippen molar-refractivity contribution in [1.82, 2.24) is 0 Å². The van der Waals surface area contributed by atoms with Crippen molar-refractivity contribution in [2.24, 2.45) is 11.8 Å². The third kappa shape index (κ3) is 3.81. The van der Waals surface area contributed by atoms with Crippen LogP contribution >= 0.6 is 0 Å². The van der Waals surface area contributed by atoms with Crippen molar-refractivity contribution in [3.63, 3.8) is 0 Å². The van der Waals surface area contributed by atoms with E-state index >= 15 is 0 Å². The van der Waals surface area contributed by atoms with E-state index in [0.717, 1.165) is 30.4 Å². The zero-order valence-corrected chi connectivity index (χ0v) is 19.8. The van der Waals surface area contributed by atoms with Gasteiger partial charge in [-0.3, -0.25) is 0 Å². The zero-order valence-electron chi connectivity index (χ0n) is 18.8. The fourth-order valence-corrected chi connectivity index (χ4v) is 16.2. The fourth-order valence-electron chi connectivity index (χ4n) is 7.32. The lowest BCUT2D eigenvalue weighted by Gasteiger charge is -2.53. The summed E-state index contributed by atoms with van der Waals surface area (Å²) in [7, 11) is -1.41. The zero-order chi connectivity index (χ0) is 19.9. The molecule has 2 aliphatic rings. The van der Waals surface area contributed by atoms with E-state index in [4.69, 9.17) is 4.74 Å². The Kier molecular flexibility index (Phi) is 6.00. The summed E-state index contributed by atoms with van der Waals surface area (Å²) < 4.78 is 6.52. The van der Waals surface area contributed by atoms with Crippen LogP contribution in [0.2, 0.25) is 21.7 Å². The van der Waals surface area contributed by atoms with Gasteiger partial charge in [-0.2, -0.15) is 0 Å². The van der Waals surface area contributed by atoms with Gasteiger partial charge in [-0.15, -0.1) is 0 Å². The minimum Gasteiger partial charge on any atom is -0.373 e. The summed E-state index contributed by atoms with van der Waals surface area (Å²) in [4.78, 5) is 0. The summed E-state index contributed by atoms with van der Waals surface area (Å²) in [5.41, 5.74) is 2.33. The lowest BCUT2D eigenvalue weighted by Crippen LogP contribution is -2.52. The molecule has 1 saturated heterocycles. The van der Waals surface area contributed by atoms with Crippen LogP contribution in [0.25, 0.3) is 0 Å². The van der Waals surface area contributed by atoms with Gasteiger partial charge in [0, 0.05) is 0 Å². The molecule has 1 aromatic carbocycles. The Morgan fingerprint density at radius 1 is 1.00 bits per heavy atom. The summed E-state index contributed by atoms with van der Waals surface area (Å²) in [5.74, 6) is 1.67. The second-order valence-corrected chi connectivity index (χ2v) is 17.5. The molecular formula is C25H42OSi. The molecule has 4 atom stereocenters. The number of fused-ring (bicyclic) bond motifs is 2. The van der Waals surface area contributed by atoms with E-state index in [9.17, 15) is 0 Å². The van der Waals surface area contributed by atoms with Crippen molar-refractivity contribution in [3.05, 3.63) is 35.9 Å². The van der Waals surface area contributed by atoms with E-state index in [1.54, 1.807) is 0 Å². The SMILES string of the molecule is CC[C@H](OCc1ccccc1)[C@H]1CCC2CC1C[Si]2(C(C)(C)C)C(C)(C)C. The molecule has 0 amide bonds. The first kappa shape index (κ1) is 21.1. The number of hydrogen-bond donors (Lipinski definition) is 0. The fraction of sp³-hybridized carbons (Fsp3) is 0.760. The Morgan fingerprint density at radius 3 is 2.19 bits per heavy atom. The summed E-state index contributed by atoms with van der Waals surface area (Å²) in [5, 5.41) is 0.984. The number of ether oxygens (including phenoxy) is 1. The average molecular weight is 387 g/mol. The van der Waals surface area contributed by atoms with E-state index in [-0.39, 0.29) is 0 Å². The van der Waals surface area contributed by atoms with Crippen LogP contribution in [0.15, 0.2) is 30.3 Å². The molecule has 3 rings (SSSR count). The molecule has 152 valence electrons. The van der Waals surface area contributed by atoms with Crippen LogP contribution < -0.4 is 0 Å². The molecule has 0 spiro atoms. The molecule has 2 heteroatoms. The third-order valence-electron chi connectivity index (χ3n) is 8.19. The van der Waals surface area contributed by atoms with Gasteiger partial charge in [0.2, 0.25) is 0 Å². The Balaban J connectivity index is 1.76. The van der Waals surface area contributed by atoms with Gasteiger partial charge < -0.3 is 4.74 Å². The molecule has 2 unspecified atom stereocenters. The molecule has 1 heterocycles. The lowest BCUT2D eigenvalue weighted by molar-refractivity contribution is -0.0263. The monoisotopic (exact) mass is 386 g/mol. The van der Waals surface area contributed by atoms with Crippen LogP contribution in [0.5, 0.6) is 0 Å². The first-order valence-corrected chi connectivity index (χ1v) is 13.5. The van der Waals surface area contributed by atoms with E-state index in [1.165, 1.54) is 30.9 Å². The Morgan fingerprint density at radius 2 is 1.63 bits per heavy atom. The Labute approximate surface area is 169 Å². The van der Waals surface area contributed by atoms with Gasteiger partial charge in [0.15, 0.2) is 0 Å². The highest BCUT2D eigenvalue weighted by Gasteiger charge is 2.63. The number of benzene rings is 1. The highest BCUT2D eigenvalue weighted by Crippen LogP contribution is 2.69. The summed E-state index contributed by atoms with van der Waals surface area (Å²) in [6, 6.07) is 12.2. The molecule has 1 saturated carbocycles. The van der Waals surface area contributed by atoms with E-state index in [0.29, 0.717) is 16.2 Å². The maximum absolute atomic E-state index is 6.52. The molecule has 1 nitrogen and oxygen atoms in total. The van der Waals surface area contributed by atoms with Crippen LogP contribution in [-0.4, -0.2) is 14.2 Å². The van der Waals surface area contributed by atoms with Crippen LogP contribution in [-0.2, 0) is 11.3 Å². The average Bonchev–Trinajstić information content (AvgIpc) is 2.91. The van der Waals surface area contributed by atoms with Gasteiger partial charge in [-0.25, -0.2) is 0 Å². The first-order valence-electron chi connectivity index (χ1n) is 11.3. The molecule has 1 aliphatic heterocycles. The van der Waals surface area contributed by atoms with Crippen molar-refractivity contribution in [3.8, 4) is 0 Å². The summed E-state index contributed by atoms with van der Waals surface area (Å²) in [6.07, 6.45) is 5.91. The maximum Gasteiger partial charge on any atom is 0.0720 e. The topological polar surface area (TPSA) is 9.23 Å². The van der Waals surface area contributed by atoms with Gasteiger partial charge >= 0.3 is 0 Å². The van der Waals surface area contributed by atoms with Gasteiger partial charge in [0.25, 0.3) is 0 Å². The molecule has 0 N–H and O–H groups in total. The minimum absolute atomic E-state index is 0.431. The minimum atomic E-state index is -1.41. The Bertz CT molecular complexity index is 595. The van der Waals surface area contributed by atoms with Crippen LogP contribution in [0, 0.1) is 11.8 Å². The number of hydrogen-bond acceptors (Lipinski definition) is 1. The van der Waals surface area contributed by atoms with Crippen molar-refractivity contribution in [2.75, 3.05) is 0 Å². The van der Waals surface area contributed by atoms with Crippen LogP contribution in [0.4, 0.5) is 0 Å². The molecule has 2 bridgehead atoms. The largest absolute Gasteiger partial charge is 0.373 e. The van der Waals surface area contributed by atoms with Gasteiger partial charge in [-0.05, 0) is 52.3 Å². The van der Waals surface area contributed by atoms with E-state index in [2.05, 4.69) is 78.8 Å². The molecule has 0 radical (unpaired) electrons. The van der Waals surface area contributed by atoms with Crippen molar-refractivity contribution < 1.29 is 4.74 Å². The normalized spacial score (nSPS) is 28.9. The highest BCUT2D eigenvalue weighted by molar-refractivity contribution is 6.87. The van der Waals surface area contributed by atoms with Gasteiger partial charge in [0.1, 0.15) is 0 Å². The number of rotatable bonds is 5. The second-order valence-electron chi connectivity index (χ2n) is 11.4. The molecule has 1 aromatic rings. The highest BCUT2D eigenvalue weighted by atomic mass is 28.3. The van der Waals surface area contributed by atoms with Crippen molar-refractivity contribution in [1.29, 1.82) is 0 Å². The van der Waals surface area contributed by atoms with Crippen LogP contribution in [0.3, 0.4) is 0 Å². The molecule has 0 aromatic heterocycles. The van der Waals surface area contributed by atoms with Crippen molar-refractivity contribution >= 4 is 8.07 Å². The summed E-state index contributed by atoms with van der Waals surface area (Å²) in [6.45, 7) is 18.5. The Hall–Kier alpha value is -0.603. The van der Waals surface area contributed by atoms with Crippen molar-refractivity contribution in [2.45, 2.75) is 109 Å². The maximum atomic E-state index is 6.52. The second kappa shape index (κ2) is 7.67. The lowest BCUT2D eigenvalue weighted by atomic mass is 9.76. The molecule has 27 heavy (non-hydrogen) atoms. The quantitative estimate of drug-likeness (QED) is 0.468. The third-order valence-corrected chi connectivity index (χ3v) is 16.6. The summed E-state index contributed by atoms with van der Waals surface area (Å²) >= 11 is 0. The predicted molar refractivity (Wildman–Crippen MR) is 120 cm³/mol. The van der Waals surface area contributed by atoms with E-state index in [1.807, 2.05) is 0 Å².